The molecular weight excluding hydrogens is 276 g/mol. The molecule has 0 amide bonds. The van der Waals surface area contributed by atoms with Crippen molar-refractivity contribution >= 4 is 20.9 Å². The number of sulfonamides is 1. The largest absolute Gasteiger partial charge is 0.496 e. The maximum atomic E-state index is 11.8. The second-order valence-corrected chi connectivity index (χ2v) is 6.80. The molecule has 0 bridgehead atoms. The van der Waals surface area contributed by atoms with Crippen molar-refractivity contribution < 1.29 is 13.2 Å². The van der Waals surface area contributed by atoms with E-state index in [1.807, 2.05) is 16.7 Å². The van der Waals surface area contributed by atoms with Crippen LogP contribution in [0, 0.1) is 5.92 Å². The minimum absolute atomic E-state index is 0.119. The molecule has 2 rings (SSSR count). The number of aromatic nitrogens is 1. The summed E-state index contributed by atoms with van der Waals surface area (Å²) in [6.45, 7) is 5.01. The lowest BCUT2D eigenvalue weighted by Crippen LogP contribution is -2.11. The van der Waals surface area contributed by atoms with E-state index in [1.54, 1.807) is 12.3 Å². The predicted octanol–water partition coefficient (Wildman–Crippen LogP) is 2.34. The Labute approximate surface area is 119 Å². The first kappa shape index (κ1) is 14.9. The Hall–Kier alpha value is -1.53. The molecule has 2 aromatic rings. The Bertz CT molecular complexity index is 717. The summed E-state index contributed by atoms with van der Waals surface area (Å²) in [5.41, 5.74) is 0.828. The van der Waals surface area contributed by atoms with Gasteiger partial charge in [-0.1, -0.05) is 19.9 Å². The van der Waals surface area contributed by atoms with Crippen molar-refractivity contribution in [3.05, 3.63) is 24.4 Å². The van der Waals surface area contributed by atoms with E-state index in [-0.39, 0.29) is 4.90 Å². The van der Waals surface area contributed by atoms with Crippen LogP contribution in [0.3, 0.4) is 0 Å². The Balaban J connectivity index is 2.67. The zero-order valence-electron chi connectivity index (χ0n) is 12.0. The number of primary sulfonamides is 1. The predicted molar refractivity (Wildman–Crippen MR) is 79.3 cm³/mol. The first-order chi connectivity index (χ1) is 9.34. The van der Waals surface area contributed by atoms with Gasteiger partial charge in [-0.05, 0) is 24.5 Å². The highest BCUT2D eigenvalue weighted by molar-refractivity contribution is 7.89. The van der Waals surface area contributed by atoms with E-state index in [9.17, 15) is 8.42 Å². The van der Waals surface area contributed by atoms with Gasteiger partial charge in [0.1, 0.15) is 10.6 Å². The van der Waals surface area contributed by atoms with Crippen molar-refractivity contribution in [1.29, 1.82) is 0 Å². The summed E-state index contributed by atoms with van der Waals surface area (Å²) >= 11 is 0. The second kappa shape index (κ2) is 5.46. The van der Waals surface area contributed by atoms with Crippen molar-refractivity contribution in [3.63, 3.8) is 0 Å². The van der Waals surface area contributed by atoms with E-state index in [0.29, 0.717) is 17.1 Å². The summed E-state index contributed by atoms with van der Waals surface area (Å²) < 4.78 is 30.7. The van der Waals surface area contributed by atoms with Crippen LogP contribution in [0.25, 0.3) is 10.9 Å². The standard InChI is InChI=1S/C14H20N2O3S/c1-10(2)7-8-16-9-13(20(15,17)18)14-11(16)5-4-6-12(14)19-3/h4-6,9-10H,7-8H2,1-3H3,(H2,15,17,18). The van der Waals surface area contributed by atoms with Gasteiger partial charge in [0.2, 0.25) is 10.0 Å². The number of rotatable bonds is 5. The van der Waals surface area contributed by atoms with Crippen molar-refractivity contribution in [2.24, 2.45) is 11.1 Å². The number of methoxy groups -OCH3 is 1. The number of nitrogens with two attached hydrogens (primary N) is 1. The van der Waals surface area contributed by atoms with Gasteiger partial charge in [-0.2, -0.15) is 0 Å². The molecule has 0 aliphatic heterocycles. The highest BCUT2D eigenvalue weighted by Crippen LogP contribution is 2.33. The number of hydrogen-bond donors (Lipinski definition) is 1. The lowest BCUT2D eigenvalue weighted by Gasteiger charge is -2.08. The number of ether oxygens (including phenoxy) is 1. The average Bonchev–Trinajstić information content (AvgIpc) is 2.75. The van der Waals surface area contributed by atoms with Crippen LogP contribution < -0.4 is 9.88 Å². The lowest BCUT2D eigenvalue weighted by molar-refractivity contribution is 0.419. The van der Waals surface area contributed by atoms with E-state index >= 15 is 0 Å². The monoisotopic (exact) mass is 296 g/mol. The molecule has 20 heavy (non-hydrogen) atoms. The smallest absolute Gasteiger partial charge is 0.240 e. The summed E-state index contributed by atoms with van der Waals surface area (Å²) in [6.07, 6.45) is 2.57. The average molecular weight is 296 g/mol. The summed E-state index contributed by atoms with van der Waals surface area (Å²) in [7, 11) is -2.26. The molecule has 2 N–H and O–H groups in total. The number of fused-ring (bicyclic) bond motifs is 1. The van der Waals surface area contributed by atoms with Gasteiger partial charge >= 0.3 is 0 Å². The van der Waals surface area contributed by atoms with Crippen LogP contribution in [0.1, 0.15) is 20.3 Å². The van der Waals surface area contributed by atoms with E-state index < -0.39 is 10.0 Å². The topological polar surface area (TPSA) is 74.3 Å². The van der Waals surface area contributed by atoms with Crippen molar-refractivity contribution in [3.8, 4) is 5.75 Å². The molecule has 0 radical (unpaired) electrons. The highest BCUT2D eigenvalue weighted by Gasteiger charge is 2.20. The van der Waals surface area contributed by atoms with Gasteiger partial charge in [-0.3, -0.25) is 0 Å². The summed E-state index contributed by atoms with van der Waals surface area (Å²) in [4.78, 5) is 0.119. The Morgan fingerprint density at radius 1 is 1.35 bits per heavy atom. The molecule has 0 aliphatic rings. The van der Waals surface area contributed by atoms with E-state index in [0.717, 1.165) is 18.5 Å². The summed E-state index contributed by atoms with van der Waals surface area (Å²) in [5, 5.41) is 5.88. The highest BCUT2D eigenvalue weighted by atomic mass is 32.2. The molecular formula is C14H20N2O3S. The summed E-state index contributed by atoms with van der Waals surface area (Å²) in [5.74, 6) is 1.06. The third-order valence-corrected chi connectivity index (χ3v) is 4.23. The molecule has 1 heterocycles. The fourth-order valence-electron chi connectivity index (χ4n) is 2.25. The molecule has 5 nitrogen and oxygen atoms in total. The fourth-order valence-corrected chi connectivity index (χ4v) is 3.01. The van der Waals surface area contributed by atoms with E-state index in [4.69, 9.17) is 9.88 Å². The second-order valence-electron chi connectivity index (χ2n) is 5.27. The molecule has 0 saturated carbocycles. The first-order valence-electron chi connectivity index (χ1n) is 6.53. The van der Waals surface area contributed by atoms with Gasteiger partial charge in [0.25, 0.3) is 0 Å². The number of nitrogens with zero attached hydrogens (tertiary/aromatic N) is 1. The van der Waals surface area contributed by atoms with Crippen molar-refractivity contribution in [2.75, 3.05) is 7.11 Å². The van der Waals surface area contributed by atoms with Gasteiger partial charge in [0.05, 0.1) is 18.0 Å². The molecule has 0 unspecified atom stereocenters. The minimum Gasteiger partial charge on any atom is -0.496 e. The van der Waals surface area contributed by atoms with E-state index in [1.165, 1.54) is 7.11 Å². The molecule has 1 aromatic heterocycles. The zero-order chi connectivity index (χ0) is 14.9. The van der Waals surface area contributed by atoms with Gasteiger partial charge in [0, 0.05) is 12.7 Å². The maximum Gasteiger partial charge on any atom is 0.240 e. The molecule has 0 fully saturated rings. The Morgan fingerprint density at radius 3 is 2.60 bits per heavy atom. The molecule has 0 aliphatic carbocycles. The van der Waals surface area contributed by atoms with Crippen molar-refractivity contribution in [1.82, 2.24) is 4.57 Å². The molecule has 1 aromatic carbocycles. The van der Waals surface area contributed by atoms with Gasteiger partial charge in [0.15, 0.2) is 0 Å². The maximum absolute atomic E-state index is 11.8. The normalized spacial score (nSPS) is 12.2. The van der Waals surface area contributed by atoms with Crippen molar-refractivity contribution in [2.45, 2.75) is 31.7 Å². The van der Waals surface area contributed by atoms with Crippen LogP contribution in [0.5, 0.6) is 5.75 Å². The quantitative estimate of drug-likeness (QED) is 0.920. The third kappa shape index (κ3) is 2.81. The fraction of sp³-hybridized carbons (Fsp3) is 0.429. The van der Waals surface area contributed by atoms with Crippen LogP contribution in [-0.2, 0) is 16.6 Å². The van der Waals surface area contributed by atoms with Gasteiger partial charge in [-0.25, -0.2) is 13.6 Å². The molecule has 0 atom stereocenters. The van der Waals surface area contributed by atoms with E-state index in [2.05, 4.69) is 13.8 Å². The van der Waals surface area contributed by atoms with Crippen LogP contribution in [0.15, 0.2) is 29.3 Å². The lowest BCUT2D eigenvalue weighted by atomic mass is 10.1. The SMILES string of the molecule is COc1cccc2c1c(S(N)(=O)=O)cn2CCC(C)C. The number of aryl methyl sites for hydroxylation is 1. The van der Waals surface area contributed by atoms with Gasteiger partial charge < -0.3 is 9.30 Å². The molecule has 6 heteroatoms. The Kier molecular flexibility index (Phi) is 4.06. The van der Waals surface area contributed by atoms with Crippen LogP contribution in [0.2, 0.25) is 0 Å². The third-order valence-electron chi connectivity index (χ3n) is 3.31. The molecule has 0 spiro atoms. The van der Waals surface area contributed by atoms with Crippen LogP contribution in [0.4, 0.5) is 0 Å². The first-order valence-corrected chi connectivity index (χ1v) is 8.08. The Morgan fingerprint density at radius 2 is 2.05 bits per heavy atom. The minimum atomic E-state index is -3.78. The summed E-state index contributed by atoms with van der Waals surface area (Å²) in [6, 6.07) is 5.47. The molecule has 0 saturated heterocycles. The zero-order valence-corrected chi connectivity index (χ0v) is 12.8. The number of hydrogen-bond acceptors (Lipinski definition) is 3. The van der Waals surface area contributed by atoms with Crippen LogP contribution in [-0.4, -0.2) is 20.1 Å². The molecule has 110 valence electrons. The number of benzene rings is 1. The van der Waals surface area contributed by atoms with Crippen LogP contribution >= 0.6 is 0 Å². The van der Waals surface area contributed by atoms with Gasteiger partial charge in [-0.15, -0.1) is 0 Å².